The normalized spacial score (nSPS) is 17.1. The summed E-state index contributed by atoms with van der Waals surface area (Å²) in [6.45, 7) is 4.00. The molecule has 30 heavy (non-hydrogen) atoms. The van der Waals surface area contributed by atoms with E-state index in [-0.39, 0.29) is 11.8 Å². The second-order valence-electron chi connectivity index (χ2n) is 9.07. The van der Waals surface area contributed by atoms with E-state index in [0.29, 0.717) is 5.82 Å². The molecule has 5 heteroatoms. The summed E-state index contributed by atoms with van der Waals surface area (Å²) in [5, 5.41) is 3.10. The van der Waals surface area contributed by atoms with E-state index < -0.39 is 0 Å². The molecular formula is C25H34N4O. The first kappa shape index (κ1) is 20.8. The largest absolute Gasteiger partial charge is 0.399 e. The van der Waals surface area contributed by atoms with Crippen molar-refractivity contribution >= 4 is 17.4 Å². The molecule has 2 aliphatic rings. The third-order valence-corrected chi connectivity index (χ3v) is 6.87. The summed E-state index contributed by atoms with van der Waals surface area (Å²) in [6, 6.07) is 6.07. The highest BCUT2D eigenvalue weighted by atomic mass is 16.1. The lowest BCUT2D eigenvalue weighted by molar-refractivity contribution is -0.119. The molecule has 1 amide bonds. The Hall–Kier alpha value is -2.43. The summed E-state index contributed by atoms with van der Waals surface area (Å²) in [5.74, 6) is 1.45. The van der Waals surface area contributed by atoms with Crippen molar-refractivity contribution in [3.8, 4) is 11.3 Å². The second-order valence-corrected chi connectivity index (χ2v) is 9.07. The molecule has 1 heterocycles. The van der Waals surface area contributed by atoms with Crippen LogP contribution in [-0.2, 0) is 24.1 Å². The van der Waals surface area contributed by atoms with E-state index in [9.17, 15) is 4.79 Å². The molecule has 0 spiro atoms. The number of benzene rings is 1. The predicted molar refractivity (Wildman–Crippen MR) is 122 cm³/mol. The van der Waals surface area contributed by atoms with Gasteiger partial charge in [0, 0.05) is 17.2 Å². The molecule has 1 saturated carbocycles. The second kappa shape index (κ2) is 9.15. The zero-order valence-corrected chi connectivity index (χ0v) is 18.3. The Kier molecular flexibility index (Phi) is 6.35. The Morgan fingerprint density at radius 2 is 2.00 bits per heavy atom. The van der Waals surface area contributed by atoms with Gasteiger partial charge in [0.25, 0.3) is 0 Å². The Morgan fingerprint density at radius 3 is 2.77 bits per heavy atom. The zero-order chi connectivity index (χ0) is 21.1. The molecule has 160 valence electrons. The minimum absolute atomic E-state index is 0.0299. The van der Waals surface area contributed by atoms with Crippen LogP contribution in [0.1, 0.15) is 75.7 Å². The number of carbonyl (C=O) groups is 1. The molecular weight excluding hydrogens is 372 g/mol. The zero-order valence-electron chi connectivity index (χ0n) is 18.3. The molecule has 0 bridgehead atoms. The maximum Gasteiger partial charge on any atom is 0.228 e. The van der Waals surface area contributed by atoms with Gasteiger partial charge in [0.05, 0.1) is 17.1 Å². The van der Waals surface area contributed by atoms with Gasteiger partial charge in [-0.15, -0.1) is 0 Å². The Bertz CT molecular complexity index is 918. The van der Waals surface area contributed by atoms with Gasteiger partial charge in [0.15, 0.2) is 5.82 Å². The predicted octanol–water partition coefficient (Wildman–Crippen LogP) is 5.32. The summed E-state index contributed by atoms with van der Waals surface area (Å²) in [5.41, 5.74) is 12.0. The number of hydrogen-bond donors (Lipinski definition) is 2. The molecule has 1 atom stereocenters. The van der Waals surface area contributed by atoms with Crippen molar-refractivity contribution < 1.29 is 4.79 Å². The summed E-state index contributed by atoms with van der Waals surface area (Å²) in [6.07, 6.45) is 11.2. The number of nitrogens with one attached hydrogen (secondary N) is 1. The molecule has 4 rings (SSSR count). The number of aromatic nitrogens is 2. The van der Waals surface area contributed by atoms with E-state index in [1.54, 1.807) is 0 Å². The number of nitrogen functional groups attached to an aromatic ring is 1. The maximum absolute atomic E-state index is 12.6. The van der Waals surface area contributed by atoms with E-state index in [4.69, 9.17) is 15.7 Å². The van der Waals surface area contributed by atoms with E-state index in [1.165, 1.54) is 37.7 Å². The van der Waals surface area contributed by atoms with Crippen LogP contribution in [0, 0.1) is 11.8 Å². The van der Waals surface area contributed by atoms with Crippen molar-refractivity contribution in [3.05, 3.63) is 35.2 Å². The van der Waals surface area contributed by atoms with Crippen molar-refractivity contribution in [1.82, 2.24) is 9.97 Å². The monoisotopic (exact) mass is 406 g/mol. The standard InChI is InChI=1S/C25H34N4O/c1-3-16(2)25(30)29-24-22(13-9-17-7-5-4-6-8-17)27-23-20-12-11-19(26)15-18(20)10-14-21(23)28-24/h11-12,15-17H,3-10,13-14,26H2,1-2H3,(H,28,29,30). The average Bonchev–Trinajstić information content (AvgIpc) is 2.77. The highest BCUT2D eigenvalue weighted by Crippen LogP contribution is 2.35. The van der Waals surface area contributed by atoms with Crippen molar-refractivity contribution in [2.45, 2.75) is 78.1 Å². The molecule has 2 aromatic rings. The van der Waals surface area contributed by atoms with Crippen LogP contribution in [0.25, 0.3) is 11.3 Å². The highest BCUT2D eigenvalue weighted by Gasteiger charge is 2.24. The Morgan fingerprint density at radius 1 is 1.20 bits per heavy atom. The number of nitrogens with two attached hydrogens (primary N) is 1. The summed E-state index contributed by atoms with van der Waals surface area (Å²) >= 11 is 0. The lowest BCUT2D eigenvalue weighted by Crippen LogP contribution is -2.23. The van der Waals surface area contributed by atoms with Gasteiger partial charge >= 0.3 is 0 Å². The lowest BCUT2D eigenvalue weighted by atomic mass is 9.85. The van der Waals surface area contributed by atoms with Crippen molar-refractivity contribution in [2.75, 3.05) is 11.1 Å². The maximum atomic E-state index is 12.6. The SMILES string of the molecule is CCC(C)C(=O)Nc1nc2c(nc1CCC1CCCCC1)-c1ccc(N)cc1CC2. The quantitative estimate of drug-likeness (QED) is 0.636. The van der Waals surface area contributed by atoms with Crippen LogP contribution in [0.2, 0.25) is 0 Å². The van der Waals surface area contributed by atoms with Gasteiger partial charge in [-0.2, -0.15) is 0 Å². The molecule has 2 aliphatic carbocycles. The molecule has 1 fully saturated rings. The minimum atomic E-state index is -0.0299. The van der Waals surface area contributed by atoms with Gasteiger partial charge in [-0.25, -0.2) is 9.97 Å². The molecule has 0 radical (unpaired) electrons. The molecule has 1 aromatic heterocycles. The van der Waals surface area contributed by atoms with Crippen molar-refractivity contribution in [1.29, 1.82) is 0 Å². The van der Waals surface area contributed by atoms with Crippen LogP contribution in [0.5, 0.6) is 0 Å². The van der Waals surface area contributed by atoms with Gasteiger partial charge in [-0.3, -0.25) is 4.79 Å². The van der Waals surface area contributed by atoms with Crippen LogP contribution >= 0.6 is 0 Å². The number of amides is 1. The van der Waals surface area contributed by atoms with Gasteiger partial charge in [-0.1, -0.05) is 52.0 Å². The summed E-state index contributed by atoms with van der Waals surface area (Å²) < 4.78 is 0. The smallest absolute Gasteiger partial charge is 0.228 e. The van der Waals surface area contributed by atoms with E-state index in [1.807, 2.05) is 19.9 Å². The van der Waals surface area contributed by atoms with Gasteiger partial charge in [0.2, 0.25) is 5.91 Å². The third kappa shape index (κ3) is 4.50. The Balaban J connectivity index is 1.66. The van der Waals surface area contributed by atoms with Crippen LogP contribution in [-0.4, -0.2) is 15.9 Å². The molecule has 5 nitrogen and oxygen atoms in total. The number of aryl methyl sites for hydroxylation is 3. The highest BCUT2D eigenvalue weighted by molar-refractivity contribution is 5.92. The average molecular weight is 407 g/mol. The van der Waals surface area contributed by atoms with Gasteiger partial charge in [0.1, 0.15) is 0 Å². The molecule has 1 aromatic carbocycles. The first-order valence-electron chi connectivity index (χ1n) is 11.6. The van der Waals surface area contributed by atoms with Crippen molar-refractivity contribution in [2.24, 2.45) is 11.8 Å². The van der Waals surface area contributed by atoms with Crippen LogP contribution in [0.15, 0.2) is 18.2 Å². The number of fused-ring (bicyclic) bond motifs is 3. The first-order chi connectivity index (χ1) is 14.5. The fourth-order valence-electron chi connectivity index (χ4n) is 4.72. The fourth-order valence-corrected chi connectivity index (χ4v) is 4.72. The number of carbonyl (C=O) groups excluding carboxylic acids is 1. The van der Waals surface area contributed by atoms with Crippen molar-refractivity contribution in [3.63, 3.8) is 0 Å². The van der Waals surface area contributed by atoms with Crippen LogP contribution < -0.4 is 11.1 Å². The molecule has 3 N–H and O–H groups in total. The summed E-state index contributed by atoms with van der Waals surface area (Å²) in [4.78, 5) is 22.6. The topological polar surface area (TPSA) is 80.9 Å². The summed E-state index contributed by atoms with van der Waals surface area (Å²) in [7, 11) is 0. The number of rotatable bonds is 6. The van der Waals surface area contributed by atoms with E-state index in [0.717, 1.165) is 66.4 Å². The van der Waals surface area contributed by atoms with E-state index >= 15 is 0 Å². The molecule has 0 saturated heterocycles. The lowest BCUT2D eigenvalue weighted by Gasteiger charge is -2.24. The fraction of sp³-hybridized carbons (Fsp3) is 0.560. The van der Waals surface area contributed by atoms with Crippen LogP contribution in [0.3, 0.4) is 0 Å². The Labute approximate surface area is 179 Å². The number of anilines is 2. The van der Waals surface area contributed by atoms with E-state index in [2.05, 4.69) is 17.4 Å². The first-order valence-corrected chi connectivity index (χ1v) is 11.6. The number of hydrogen-bond acceptors (Lipinski definition) is 4. The van der Waals surface area contributed by atoms with Crippen LogP contribution in [0.4, 0.5) is 11.5 Å². The number of nitrogens with zero attached hydrogens (tertiary/aromatic N) is 2. The third-order valence-electron chi connectivity index (χ3n) is 6.87. The van der Waals surface area contributed by atoms with Gasteiger partial charge in [-0.05, 0) is 55.7 Å². The molecule has 0 aliphatic heterocycles. The van der Waals surface area contributed by atoms with Gasteiger partial charge < -0.3 is 11.1 Å². The minimum Gasteiger partial charge on any atom is -0.399 e. The molecule has 1 unspecified atom stereocenters.